The van der Waals surface area contributed by atoms with Crippen LogP contribution in [0.15, 0.2) is 73.4 Å². The zero-order valence-corrected chi connectivity index (χ0v) is 17.7. The number of anilines is 1. The fourth-order valence-corrected chi connectivity index (χ4v) is 3.52. The summed E-state index contributed by atoms with van der Waals surface area (Å²) in [6.07, 6.45) is 9.08. The van der Waals surface area contributed by atoms with E-state index in [1.165, 1.54) is 0 Å². The molecule has 0 aliphatic heterocycles. The molecule has 32 heavy (non-hydrogen) atoms. The summed E-state index contributed by atoms with van der Waals surface area (Å²) in [7, 11) is 1.60. The monoisotopic (exact) mass is 423 g/mol. The van der Waals surface area contributed by atoms with E-state index in [0.717, 1.165) is 33.5 Å². The summed E-state index contributed by atoms with van der Waals surface area (Å²) in [5.41, 5.74) is 5.60. The van der Waals surface area contributed by atoms with Crippen LogP contribution < -0.4 is 10.1 Å². The molecule has 5 rings (SSSR count). The van der Waals surface area contributed by atoms with Crippen LogP contribution in [0.25, 0.3) is 28.0 Å². The van der Waals surface area contributed by atoms with E-state index in [4.69, 9.17) is 14.8 Å². The lowest BCUT2D eigenvalue weighted by atomic mass is 10.1. The first-order valence-corrected chi connectivity index (χ1v) is 10.2. The number of nitrogens with zero attached hydrogens (tertiary/aromatic N) is 6. The number of hydrogen-bond donors (Lipinski definition) is 1. The fraction of sp³-hybridized carbons (Fsp3) is 0.125. The first-order valence-electron chi connectivity index (χ1n) is 10.2. The number of rotatable bonds is 6. The van der Waals surface area contributed by atoms with Crippen LogP contribution in [0.2, 0.25) is 0 Å². The van der Waals surface area contributed by atoms with Crippen LogP contribution in [0.3, 0.4) is 0 Å². The lowest BCUT2D eigenvalue weighted by Crippen LogP contribution is -2.08. The van der Waals surface area contributed by atoms with Crippen molar-refractivity contribution in [3.05, 3.63) is 84.7 Å². The molecule has 0 unspecified atom stereocenters. The summed E-state index contributed by atoms with van der Waals surface area (Å²) in [6, 6.07) is 13.7. The van der Waals surface area contributed by atoms with Crippen molar-refractivity contribution in [2.75, 3.05) is 12.4 Å². The Morgan fingerprint density at radius 1 is 1.00 bits per heavy atom. The van der Waals surface area contributed by atoms with Gasteiger partial charge in [0.15, 0.2) is 11.6 Å². The van der Waals surface area contributed by atoms with E-state index >= 15 is 0 Å². The van der Waals surface area contributed by atoms with E-state index in [-0.39, 0.29) is 0 Å². The van der Waals surface area contributed by atoms with E-state index in [9.17, 15) is 0 Å². The van der Waals surface area contributed by atoms with Crippen molar-refractivity contribution >= 4 is 11.3 Å². The van der Waals surface area contributed by atoms with Gasteiger partial charge in [0.1, 0.15) is 5.52 Å². The lowest BCUT2D eigenvalue weighted by Gasteiger charge is -2.12. The molecule has 1 N–H and O–H groups in total. The van der Waals surface area contributed by atoms with Crippen LogP contribution in [0.1, 0.15) is 11.3 Å². The van der Waals surface area contributed by atoms with Gasteiger partial charge in [0, 0.05) is 53.7 Å². The molecular formula is C24H21N7O. The summed E-state index contributed by atoms with van der Waals surface area (Å²) < 4.78 is 7.03. The number of nitrogens with one attached hydrogen (secondary N) is 1. The molecular weight excluding hydrogens is 402 g/mol. The molecule has 0 bridgehead atoms. The van der Waals surface area contributed by atoms with Gasteiger partial charge >= 0.3 is 0 Å². The van der Waals surface area contributed by atoms with Crippen molar-refractivity contribution in [3.63, 3.8) is 0 Å². The van der Waals surface area contributed by atoms with Gasteiger partial charge in [-0.1, -0.05) is 6.07 Å². The smallest absolute Gasteiger partial charge is 0.212 e. The Balaban J connectivity index is 1.63. The molecule has 5 aromatic heterocycles. The first kappa shape index (κ1) is 19.6. The van der Waals surface area contributed by atoms with Gasteiger partial charge in [-0.15, -0.1) is 5.10 Å². The molecule has 0 aliphatic rings. The number of pyridine rings is 3. The predicted octanol–water partition coefficient (Wildman–Crippen LogP) is 4.18. The minimum absolute atomic E-state index is 0.532. The maximum Gasteiger partial charge on any atom is 0.212 e. The maximum absolute atomic E-state index is 5.19. The number of hydrogen-bond acceptors (Lipinski definition) is 7. The average Bonchev–Trinajstić information content (AvgIpc) is 3.27. The molecule has 5 heterocycles. The molecule has 0 radical (unpaired) electrons. The highest BCUT2D eigenvalue weighted by Crippen LogP contribution is 2.31. The Labute approximate surface area is 185 Å². The van der Waals surface area contributed by atoms with Crippen molar-refractivity contribution < 1.29 is 4.74 Å². The van der Waals surface area contributed by atoms with Crippen LogP contribution in [-0.4, -0.2) is 36.7 Å². The van der Waals surface area contributed by atoms with Crippen molar-refractivity contribution in [3.8, 4) is 28.4 Å². The van der Waals surface area contributed by atoms with Crippen LogP contribution in [0.5, 0.6) is 5.88 Å². The summed E-state index contributed by atoms with van der Waals surface area (Å²) in [5, 5.41) is 8.19. The molecule has 0 aliphatic carbocycles. The summed E-state index contributed by atoms with van der Waals surface area (Å²) in [5.74, 6) is 1.86. The maximum atomic E-state index is 5.19. The van der Waals surface area contributed by atoms with Gasteiger partial charge in [0.25, 0.3) is 0 Å². The molecule has 0 amide bonds. The number of aryl methyl sites for hydroxylation is 1. The summed E-state index contributed by atoms with van der Waals surface area (Å²) in [4.78, 5) is 17.9. The molecule has 158 valence electrons. The van der Waals surface area contributed by atoms with Gasteiger partial charge < -0.3 is 10.1 Å². The van der Waals surface area contributed by atoms with Gasteiger partial charge in [0.05, 0.1) is 19.3 Å². The van der Waals surface area contributed by atoms with E-state index in [1.807, 2.05) is 66.3 Å². The van der Waals surface area contributed by atoms with Gasteiger partial charge in [-0.25, -0.2) is 14.5 Å². The van der Waals surface area contributed by atoms with Crippen LogP contribution >= 0.6 is 0 Å². The van der Waals surface area contributed by atoms with Crippen molar-refractivity contribution in [1.82, 2.24) is 29.5 Å². The SMILES string of the molecule is COc1ccc(-c2ccn3nc(-c4cncc(C)c4)nc(NCc4ccccn4)c23)cn1. The lowest BCUT2D eigenvalue weighted by molar-refractivity contribution is 0.398. The highest BCUT2D eigenvalue weighted by atomic mass is 16.5. The number of aromatic nitrogens is 6. The second-order valence-electron chi connectivity index (χ2n) is 7.32. The molecule has 8 nitrogen and oxygen atoms in total. The van der Waals surface area contributed by atoms with Crippen LogP contribution in [0, 0.1) is 6.92 Å². The topological polar surface area (TPSA) is 90.1 Å². The third-order valence-corrected chi connectivity index (χ3v) is 5.06. The Morgan fingerprint density at radius 3 is 2.69 bits per heavy atom. The van der Waals surface area contributed by atoms with E-state index in [1.54, 1.807) is 25.7 Å². The second-order valence-corrected chi connectivity index (χ2v) is 7.32. The Bertz CT molecular complexity index is 1360. The quantitative estimate of drug-likeness (QED) is 0.438. The first-order chi connectivity index (χ1) is 15.7. The fourth-order valence-electron chi connectivity index (χ4n) is 3.52. The summed E-state index contributed by atoms with van der Waals surface area (Å²) in [6.45, 7) is 2.53. The van der Waals surface area contributed by atoms with Gasteiger partial charge in [-0.05, 0) is 42.8 Å². The number of methoxy groups -OCH3 is 1. The van der Waals surface area contributed by atoms with E-state index < -0.39 is 0 Å². The molecule has 0 saturated heterocycles. The highest BCUT2D eigenvalue weighted by Gasteiger charge is 2.16. The average molecular weight is 423 g/mol. The van der Waals surface area contributed by atoms with Crippen molar-refractivity contribution in [2.45, 2.75) is 13.5 Å². The zero-order valence-electron chi connectivity index (χ0n) is 17.7. The Morgan fingerprint density at radius 2 is 1.94 bits per heavy atom. The molecule has 0 fully saturated rings. The summed E-state index contributed by atoms with van der Waals surface area (Å²) >= 11 is 0. The molecule has 0 atom stereocenters. The third kappa shape index (κ3) is 3.85. The van der Waals surface area contributed by atoms with Crippen molar-refractivity contribution in [2.24, 2.45) is 0 Å². The van der Waals surface area contributed by atoms with E-state index in [0.29, 0.717) is 24.1 Å². The second kappa shape index (κ2) is 8.43. The van der Waals surface area contributed by atoms with Gasteiger partial charge in [-0.3, -0.25) is 9.97 Å². The molecule has 0 spiro atoms. The standard InChI is InChI=1S/C24H21N7O/c1-16-11-18(13-25-12-16)23-29-24(28-15-19-5-3-4-9-26-19)22-20(8-10-31(22)30-23)17-6-7-21(32-2)27-14-17/h3-14H,15H2,1-2H3,(H,28,29,30). The third-order valence-electron chi connectivity index (χ3n) is 5.06. The van der Waals surface area contributed by atoms with E-state index in [2.05, 4.69) is 20.3 Å². The Hall–Kier alpha value is -4.33. The van der Waals surface area contributed by atoms with Crippen LogP contribution in [-0.2, 0) is 6.54 Å². The minimum atomic E-state index is 0.532. The molecule has 0 saturated carbocycles. The minimum Gasteiger partial charge on any atom is -0.481 e. The highest BCUT2D eigenvalue weighted by molar-refractivity contribution is 5.88. The molecule has 0 aromatic carbocycles. The Kier molecular flexibility index (Phi) is 5.17. The van der Waals surface area contributed by atoms with Crippen LogP contribution in [0.4, 0.5) is 5.82 Å². The largest absolute Gasteiger partial charge is 0.481 e. The van der Waals surface area contributed by atoms with Gasteiger partial charge in [-0.2, -0.15) is 0 Å². The van der Waals surface area contributed by atoms with Gasteiger partial charge in [0.2, 0.25) is 5.88 Å². The zero-order chi connectivity index (χ0) is 21.9. The molecule has 8 heteroatoms. The molecule has 5 aromatic rings. The normalized spacial score (nSPS) is 10.9. The van der Waals surface area contributed by atoms with Crippen molar-refractivity contribution in [1.29, 1.82) is 0 Å². The number of ether oxygens (including phenoxy) is 1. The number of fused-ring (bicyclic) bond motifs is 1. The predicted molar refractivity (Wildman–Crippen MR) is 122 cm³/mol.